The molecule has 0 radical (unpaired) electrons. The zero-order valence-corrected chi connectivity index (χ0v) is 19.9. The standard InChI is InChI=1S/C24H29N5O2S/c1-6-29-22(18(5)25-23(31)19-12-10-15(2)11-13-19)27-28-24(29)32-14-21(30)26-20-9-7-8-16(3)17(20)4/h7-13,18H,6,14H2,1-5H3,(H,25,31)(H,26,30)/t18-/m1/s1. The Morgan fingerprint density at radius 1 is 1.06 bits per heavy atom. The van der Waals surface area contributed by atoms with Crippen molar-refractivity contribution < 1.29 is 9.59 Å². The molecule has 1 atom stereocenters. The van der Waals surface area contributed by atoms with Gasteiger partial charge in [0.1, 0.15) is 0 Å². The van der Waals surface area contributed by atoms with E-state index in [1.807, 2.05) is 69.5 Å². The van der Waals surface area contributed by atoms with Gasteiger partial charge in [0.2, 0.25) is 5.91 Å². The SMILES string of the molecule is CCn1c(SCC(=O)Nc2cccc(C)c2C)nnc1[C@@H](C)NC(=O)c1ccc(C)cc1. The van der Waals surface area contributed by atoms with Gasteiger partial charge >= 0.3 is 0 Å². The molecule has 0 unspecified atom stereocenters. The summed E-state index contributed by atoms with van der Waals surface area (Å²) >= 11 is 1.33. The monoisotopic (exact) mass is 451 g/mol. The number of aryl methyl sites for hydroxylation is 2. The van der Waals surface area contributed by atoms with Crippen molar-refractivity contribution in [1.29, 1.82) is 0 Å². The molecule has 0 aliphatic carbocycles. The Balaban J connectivity index is 1.63. The van der Waals surface area contributed by atoms with E-state index >= 15 is 0 Å². The second kappa shape index (κ2) is 10.5. The lowest BCUT2D eigenvalue weighted by atomic mass is 10.1. The average Bonchev–Trinajstić information content (AvgIpc) is 3.19. The van der Waals surface area contributed by atoms with Gasteiger partial charge in [-0.2, -0.15) is 0 Å². The molecule has 1 heterocycles. The molecule has 0 bridgehead atoms. The van der Waals surface area contributed by atoms with E-state index in [1.165, 1.54) is 11.8 Å². The quantitative estimate of drug-likeness (QED) is 0.494. The highest BCUT2D eigenvalue weighted by molar-refractivity contribution is 7.99. The second-order valence-corrected chi connectivity index (χ2v) is 8.67. The summed E-state index contributed by atoms with van der Waals surface area (Å²) in [5.41, 5.74) is 4.71. The predicted molar refractivity (Wildman–Crippen MR) is 128 cm³/mol. The van der Waals surface area contributed by atoms with E-state index in [-0.39, 0.29) is 23.6 Å². The molecule has 0 aliphatic rings. The molecule has 3 aromatic rings. The summed E-state index contributed by atoms with van der Waals surface area (Å²) in [6.45, 7) is 10.5. The Hall–Kier alpha value is -3.13. The summed E-state index contributed by atoms with van der Waals surface area (Å²) in [7, 11) is 0. The third-order valence-electron chi connectivity index (χ3n) is 5.32. The molecule has 0 spiro atoms. The van der Waals surface area contributed by atoms with Crippen molar-refractivity contribution in [1.82, 2.24) is 20.1 Å². The first-order valence-electron chi connectivity index (χ1n) is 10.6. The van der Waals surface area contributed by atoms with Gasteiger partial charge in [-0.3, -0.25) is 9.59 Å². The first-order valence-corrected chi connectivity index (χ1v) is 11.6. The first kappa shape index (κ1) is 23.5. The number of amides is 2. The van der Waals surface area contributed by atoms with Crippen molar-refractivity contribution in [3.8, 4) is 0 Å². The van der Waals surface area contributed by atoms with Crippen LogP contribution in [0.25, 0.3) is 0 Å². The lowest BCUT2D eigenvalue weighted by molar-refractivity contribution is -0.113. The van der Waals surface area contributed by atoms with Crippen LogP contribution in [-0.2, 0) is 11.3 Å². The van der Waals surface area contributed by atoms with Crippen LogP contribution < -0.4 is 10.6 Å². The summed E-state index contributed by atoms with van der Waals surface area (Å²) in [4.78, 5) is 25.0. The molecule has 3 rings (SSSR count). The Morgan fingerprint density at radius 3 is 2.47 bits per heavy atom. The molecule has 1 aromatic heterocycles. The number of carbonyl (C=O) groups is 2. The maximum Gasteiger partial charge on any atom is 0.251 e. The number of hydrogen-bond acceptors (Lipinski definition) is 5. The molecule has 0 saturated heterocycles. The zero-order chi connectivity index (χ0) is 23.3. The van der Waals surface area contributed by atoms with Gasteiger partial charge in [-0.15, -0.1) is 10.2 Å². The van der Waals surface area contributed by atoms with Crippen LogP contribution in [0.3, 0.4) is 0 Å². The summed E-state index contributed by atoms with van der Waals surface area (Å²) in [6, 6.07) is 12.9. The van der Waals surface area contributed by atoms with Crippen molar-refractivity contribution in [3.05, 3.63) is 70.5 Å². The smallest absolute Gasteiger partial charge is 0.251 e. The van der Waals surface area contributed by atoms with Crippen molar-refractivity contribution in [2.45, 2.75) is 52.4 Å². The summed E-state index contributed by atoms with van der Waals surface area (Å²) in [5.74, 6) is 0.614. The van der Waals surface area contributed by atoms with Gasteiger partial charge in [-0.25, -0.2) is 0 Å². The summed E-state index contributed by atoms with van der Waals surface area (Å²) in [5, 5.41) is 15.1. The van der Waals surface area contributed by atoms with Gasteiger partial charge in [0.15, 0.2) is 11.0 Å². The van der Waals surface area contributed by atoms with Crippen LogP contribution in [0.1, 0.15) is 52.8 Å². The number of aromatic nitrogens is 3. The molecule has 2 N–H and O–H groups in total. The summed E-state index contributed by atoms with van der Waals surface area (Å²) < 4.78 is 1.93. The summed E-state index contributed by atoms with van der Waals surface area (Å²) in [6.07, 6.45) is 0. The maximum absolute atomic E-state index is 12.6. The molecule has 0 aliphatic heterocycles. The first-order chi connectivity index (χ1) is 15.3. The predicted octanol–water partition coefficient (Wildman–Crippen LogP) is 4.45. The molecule has 0 saturated carbocycles. The molecular weight excluding hydrogens is 422 g/mol. The van der Waals surface area contributed by atoms with Gasteiger partial charge in [0.05, 0.1) is 11.8 Å². The van der Waals surface area contributed by atoms with Crippen LogP contribution in [-0.4, -0.2) is 32.3 Å². The van der Waals surface area contributed by atoms with E-state index in [0.717, 1.165) is 22.4 Å². The van der Waals surface area contributed by atoms with E-state index in [0.29, 0.717) is 23.1 Å². The third kappa shape index (κ3) is 5.56. The van der Waals surface area contributed by atoms with Crippen LogP contribution >= 0.6 is 11.8 Å². The van der Waals surface area contributed by atoms with Crippen molar-refractivity contribution in [3.63, 3.8) is 0 Å². The van der Waals surface area contributed by atoms with E-state index in [2.05, 4.69) is 20.8 Å². The molecule has 7 nitrogen and oxygen atoms in total. The van der Waals surface area contributed by atoms with Crippen LogP contribution in [0.5, 0.6) is 0 Å². The van der Waals surface area contributed by atoms with Gasteiger partial charge in [0.25, 0.3) is 5.91 Å². The minimum Gasteiger partial charge on any atom is -0.342 e. The number of benzene rings is 2. The number of rotatable bonds is 8. The highest BCUT2D eigenvalue weighted by atomic mass is 32.2. The largest absolute Gasteiger partial charge is 0.342 e. The molecule has 32 heavy (non-hydrogen) atoms. The van der Waals surface area contributed by atoms with Crippen molar-refractivity contribution >= 4 is 29.3 Å². The van der Waals surface area contributed by atoms with Gasteiger partial charge < -0.3 is 15.2 Å². The van der Waals surface area contributed by atoms with E-state index in [9.17, 15) is 9.59 Å². The highest BCUT2D eigenvalue weighted by Gasteiger charge is 2.20. The fourth-order valence-electron chi connectivity index (χ4n) is 3.28. The Bertz CT molecular complexity index is 1110. The Kier molecular flexibility index (Phi) is 7.69. The van der Waals surface area contributed by atoms with Crippen molar-refractivity contribution in [2.24, 2.45) is 0 Å². The minimum atomic E-state index is -0.325. The Labute approximate surface area is 193 Å². The minimum absolute atomic E-state index is 0.100. The number of hydrogen-bond donors (Lipinski definition) is 2. The average molecular weight is 452 g/mol. The third-order valence-corrected chi connectivity index (χ3v) is 6.29. The normalized spacial score (nSPS) is 11.8. The number of anilines is 1. The molecule has 2 aromatic carbocycles. The van der Waals surface area contributed by atoms with Gasteiger partial charge in [-0.05, 0) is 63.9 Å². The second-order valence-electron chi connectivity index (χ2n) is 7.73. The Morgan fingerprint density at radius 2 is 1.78 bits per heavy atom. The van der Waals surface area contributed by atoms with Crippen LogP contribution in [0.2, 0.25) is 0 Å². The van der Waals surface area contributed by atoms with Gasteiger partial charge in [0, 0.05) is 17.8 Å². The van der Waals surface area contributed by atoms with E-state index < -0.39 is 0 Å². The van der Waals surface area contributed by atoms with Gasteiger partial charge in [-0.1, -0.05) is 41.6 Å². The van der Waals surface area contributed by atoms with Crippen molar-refractivity contribution in [2.75, 3.05) is 11.1 Å². The van der Waals surface area contributed by atoms with E-state index in [1.54, 1.807) is 12.1 Å². The molecule has 0 fully saturated rings. The lowest BCUT2D eigenvalue weighted by Gasteiger charge is -2.15. The number of thioether (sulfide) groups is 1. The topological polar surface area (TPSA) is 88.9 Å². The van der Waals surface area contributed by atoms with Crippen LogP contribution in [0.4, 0.5) is 5.69 Å². The molecule has 8 heteroatoms. The number of nitrogens with zero attached hydrogens (tertiary/aromatic N) is 3. The number of nitrogens with one attached hydrogen (secondary N) is 2. The fraction of sp³-hybridized carbons (Fsp3) is 0.333. The molecule has 2 amide bonds. The lowest BCUT2D eigenvalue weighted by Crippen LogP contribution is -2.28. The maximum atomic E-state index is 12.6. The van der Waals surface area contributed by atoms with Crippen LogP contribution in [0, 0.1) is 20.8 Å². The molecule has 168 valence electrons. The molecular formula is C24H29N5O2S. The van der Waals surface area contributed by atoms with E-state index in [4.69, 9.17) is 0 Å². The highest BCUT2D eigenvalue weighted by Crippen LogP contribution is 2.22. The number of carbonyl (C=O) groups excluding carboxylic acids is 2. The van der Waals surface area contributed by atoms with Crippen LogP contribution in [0.15, 0.2) is 47.6 Å². The zero-order valence-electron chi connectivity index (χ0n) is 19.1. The fourth-order valence-corrected chi connectivity index (χ4v) is 4.09.